The fraction of sp³-hybridized carbons (Fsp3) is 0.346. The fourth-order valence-electron chi connectivity index (χ4n) is 5.56. The third kappa shape index (κ3) is 3.07. The van der Waals surface area contributed by atoms with Crippen molar-refractivity contribution in [3.8, 4) is 39.7 Å². The molecule has 9 nitrogen and oxygen atoms in total. The minimum Gasteiger partial charge on any atom is -0.496 e. The van der Waals surface area contributed by atoms with Crippen molar-refractivity contribution in [2.75, 3.05) is 26.9 Å². The lowest BCUT2D eigenvalue weighted by Gasteiger charge is -2.44. The van der Waals surface area contributed by atoms with Gasteiger partial charge in [0.15, 0.2) is 5.69 Å². The molecule has 1 aromatic carbocycles. The van der Waals surface area contributed by atoms with Gasteiger partial charge in [-0.1, -0.05) is 0 Å². The monoisotopic (exact) mass is 503 g/mol. The highest BCUT2D eigenvalue weighted by Crippen LogP contribution is 2.46. The van der Waals surface area contributed by atoms with E-state index >= 15 is 0 Å². The van der Waals surface area contributed by atoms with E-state index in [9.17, 15) is 4.79 Å². The highest BCUT2D eigenvalue weighted by atomic mass is 32.1. The average molecular weight is 504 g/mol. The maximum Gasteiger partial charge on any atom is 0.275 e. The van der Waals surface area contributed by atoms with Crippen molar-refractivity contribution in [2.45, 2.75) is 25.0 Å². The summed E-state index contributed by atoms with van der Waals surface area (Å²) in [5.74, 6) is 1.32. The van der Waals surface area contributed by atoms with E-state index in [1.165, 1.54) is 0 Å². The fourth-order valence-corrected chi connectivity index (χ4v) is 6.18. The zero-order chi connectivity index (χ0) is 24.4. The van der Waals surface area contributed by atoms with E-state index in [0.29, 0.717) is 30.4 Å². The van der Waals surface area contributed by atoms with Crippen LogP contribution in [0.5, 0.6) is 11.5 Å². The lowest BCUT2D eigenvalue weighted by Crippen LogP contribution is -2.60. The molecule has 3 aliphatic rings. The molecule has 0 atom stereocenters. The smallest absolute Gasteiger partial charge is 0.275 e. The number of benzene rings is 1. The van der Waals surface area contributed by atoms with Crippen LogP contribution in [0.4, 0.5) is 0 Å². The minimum atomic E-state index is -0.191. The van der Waals surface area contributed by atoms with Crippen molar-refractivity contribution in [1.82, 2.24) is 24.5 Å². The number of nitrogens with zero attached hydrogens (tertiary/aromatic N) is 5. The molecular weight excluding hydrogens is 478 g/mol. The Morgan fingerprint density at radius 3 is 2.78 bits per heavy atom. The Morgan fingerprint density at radius 2 is 2.08 bits per heavy atom. The molecule has 2 saturated heterocycles. The van der Waals surface area contributed by atoms with Gasteiger partial charge in [0.1, 0.15) is 18.1 Å². The molecule has 0 bridgehead atoms. The molecule has 3 aliphatic heterocycles. The number of carbonyl (C=O) groups excluding carboxylic acids is 1. The Balaban J connectivity index is 1.42. The Labute approximate surface area is 211 Å². The predicted molar refractivity (Wildman–Crippen MR) is 134 cm³/mol. The van der Waals surface area contributed by atoms with Crippen LogP contribution in [0.3, 0.4) is 0 Å². The zero-order valence-corrected chi connectivity index (χ0v) is 20.9. The molecular formula is C26H25N5O4S. The van der Waals surface area contributed by atoms with Crippen molar-refractivity contribution in [1.29, 1.82) is 0 Å². The second-order valence-corrected chi connectivity index (χ2v) is 10.3. The molecule has 0 radical (unpaired) electrons. The Morgan fingerprint density at radius 1 is 1.19 bits per heavy atom. The van der Waals surface area contributed by atoms with Crippen LogP contribution in [0.1, 0.15) is 28.9 Å². The number of likely N-dealkylation sites (tertiary alicyclic amines) is 1. The molecule has 0 saturated carbocycles. The summed E-state index contributed by atoms with van der Waals surface area (Å²) in [5.41, 5.74) is 5.36. The summed E-state index contributed by atoms with van der Waals surface area (Å²) in [5, 5.41) is 13.5. The standard InChI is InChI=1S/C26H25N5O4S/c1-29-8-4-20(27-29)17-10-18-22(11-21(17)33-2)35-12-19-23(28-31(24(18)19)16-5-9-36-13-16)25(32)30-7-3-6-26(30)14-34-15-26/h4-5,8-11,13H,3,6-7,12,14-15H2,1-2H3. The number of amides is 1. The molecule has 7 rings (SSSR count). The zero-order valence-electron chi connectivity index (χ0n) is 20.1. The molecule has 0 N–H and O–H groups in total. The lowest BCUT2D eigenvalue weighted by atomic mass is 9.93. The number of thiophene rings is 1. The second-order valence-electron chi connectivity index (χ2n) is 9.56. The molecule has 10 heteroatoms. The van der Waals surface area contributed by atoms with Crippen molar-refractivity contribution >= 4 is 17.2 Å². The number of carbonyl (C=O) groups is 1. The van der Waals surface area contributed by atoms with E-state index in [4.69, 9.17) is 19.3 Å². The van der Waals surface area contributed by atoms with Gasteiger partial charge < -0.3 is 19.1 Å². The summed E-state index contributed by atoms with van der Waals surface area (Å²) in [7, 11) is 3.53. The number of hydrogen-bond donors (Lipinski definition) is 0. The summed E-state index contributed by atoms with van der Waals surface area (Å²) in [6.45, 7) is 2.18. The summed E-state index contributed by atoms with van der Waals surface area (Å²) in [6.07, 6.45) is 3.85. The Hall–Kier alpha value is -3.63. The van der Waals surface area contributed by atoms with Crippen molar-refractivity contribution < 1.29 is 19.0 Å². The molecule has 36 heavy (non-hydrogen) atoms. The third-order valence-electron chi connectivity index (χ3n) is 7.44. The van der Waals surface area contributed by atoms with Gasteiger partial charge in [0.05, 0.1) is 42.9 Å². The molecule has 1 spiro atoms. The topological polar surface area (TPSA) is 83.6 Å². The minimum absolute atomic E-state index is 0.0495. The summed E-state index contributed by atoms with van der Waals surface area (Å²) in [4.78, 5) is 15.9. The van der Waals surface area contributed by atoms with Crippen molar-refractivity contribution in [3.63, 3.8) is 0 Å². The predicted octanol–water partition coefficient (Wildman–Crippen LogP) is 3.91. The lowest BCUT2D eigenvalue weighted by molar-refractivity contribution is -0.109. The van der Waals surface area contributed by atoms with Crippen LogP contribution in [0.15, 0.2) is 41.2 Å². The molecule has 3 aromatic heterocycles. The number of methoxy groups -OCH3 is 1. The van der Waals surface area contributed by atoms with Gasteiger partial charge in [0.2, 0.25) is 0 Å². The van der Waals surface area contributed by atoms with Gasteiger partial charge in [-0.3, -0.25) is 9.48 Å². The van der Waals surface area contributed by atoms with E-state index < -0.39 is 0 Å². The van der Waals surface area contributed by atoms with E-state index in [1.807, 2.05) is 57.9 Å². The van der Waals surface area contributed by atoms with Gasteiger partial charge in [-0.25, -0.2) is 4.68 Å². The first-order valence-corrected chi connectivity index (χ1v) is 12.9. The number of hydrogen-bond acceptors (Lipinski definition) is 7. The normalized spacial score (nSPS) is 17.4. The van der Waals surface area contributed by atoms with E-state index in [1.54, 1.807) is 23.1 Å². The van der Waals surface area contributed by atoms with Gasteiger partial charge in [-0.05, 0) is 36.4 Å². The molecule has 184 valence electrons. The maximum atomic E-state index is 13.9. The van der Waals surface area contributed by atoms with Crippen LogP contribution in [0.25, 0.3) is 28.2 Å². The first-order chi connectivity index (χ1) is 17.6. The highest BCUT2D eigenvalue weighted by Gasteiger charge is 2.50. The van der Waals surface area contributed by atoms with E-state index in [-0.39, 0.29) is 18.1 Å². The van der Waals surface area contributed by atoms with Crippen LogP contribution < -0.4 is 9.47 Å². The summed E-state index contributed by atoms with van der Waals surface area (Å²) < 4.78 is 21.1. The van der Waals surface area contributed by atoms with Gasteiger partial charge >= 0.3 is 0 Å². The molecule has 4 aromatic rings. The summed E-state index contributed by atoms with van der Waals surface area (Å²) >= 11 is 1.59. The van der Waals surface area contributed by atoms with Gasteiger partial charge in [0.25, 0.3) is 5.91 Å². The van der Waals surface area contributed by atoms with Gasteiger partial charge in [0, 0.05) is 47.9 Å². The Kier molecular flexibility index (Phi) is 4.77. The quantitative estimate of drug-likeness (QED) is 0.420. The first-order valence-electron chi connectivity index (χ1n) is 12.0. The molecule has 6 heterocycles. The van der Waals surface area contributed by atoms with E-state index in [2.05, 4.69) is 5.10 Å². The number of fused-ring (bicyclic) bond motifs is 3. The molecule has 2 fully saturated rings. The molecule has 1 amide bonds. The van der Waals surface area contributed by atoms with Crippen molar-refractivity contribution in [3.05, 3.63) is 52.5 Å². The first kappa shape index (κ1) is 21.6. The largest absolute Gasteiger partial charge is 0.496 e. The van der Waals surface area contributed by atoms with Gasteiger partial charge in [-0.2, -0.15) is 21.5 Å². The number of aromatic nitrogens is 4. The molecule has 0 unspecified atom stereocenters. The van der Waals surface area contributed by atoms with Crippen LogP contribution >= 0.6 is 11.3 Å². The van der Waals surface area contributed by atoms with E-state index in [0.717, 1.165) is 53.2 Å². The number of ether oxygens (including phenoxy) is 3. The summed E-state index contributed by atoms with van der Waals surface area (Å²) in [6, 6.07) is 7.90. The SMILES string of the molecule is COc1cc2c(cc1-c1ccn(C)n1)-c1c(c(C(=O)N3CCCC34COC4)nn1-c1ccsc1)CO2. The Bertz CT molecular complexity index is 1480. The van der Waals surface area contributed by atoms with Crippen molar-refractivity contribution in [2.24, 2.45) is 7.05 Å². The average Bonchev–Trinajstić information content (AvgIpc) is 3.67. The van der Waals surface area contributed by atoms with Crippen LogP contribution in [-0.4, -0.2) is 62.8 Å². The maximum absolute atomic E-state index is 13.9. The number of aryl methyl sites for hydroxylation is 1. The highest BCUT2D eigenvalue weighted by molar-refractivity contribution is 7.08. The number of rotatable bonds is 4. The second kappa shape index (κ2) is 7.94. The molecule has 0 aliphatic carbocycles. The van der Waals surface area contributed by atoms with Crippen LogP contribution in [0, 0.1) is 0 Å². The van der Waals surface area contributed by atoms with Crippen LogP contribution in [-0.2, 0) is 18.4 Å². The van der Waals surface area contributed by atoms with Gasteiger partial charge in [-0.15, -0.1) is 0 Å². The third-order valence-corrected chi connectivity index (χ3v) is 8.11. The van der Waals surface area contributed by atoms with Crippen LogP contribution in [0.2, 0.25) is 0 Å².